The number of nitrogens with zero attached hydrogens (tertiary/aromatic N) is 2. The van der Waals surface area contributed by atoms with Crippen molar-refractivity contribution in [2.24, 2.45) is 0 Å². The van der Waals surface area contributed by atoms with Crippen LogP contribution in [0.5, 0.6) is 0 Å². The van der Waals surface area contributed by atoms with Crippen LogP contribution in [0.25, 0.3) is 0 Å². The number of fused-ring (bicyclic) bond motifs is 1. The van der Waals surface area contributed by atoms with E-state index < -0.39 is 30.7 Å². The van der Waals surface area contributed by atoms with Gasteiger partial charge in [0.2, 0.25) is 0 Å². The Hall–Kier alpha value is -1.80. The molecule has 1 atom stereocenters. The third-order valence-corrected chi connectivity index (χ3v) is 7.39. The SMILES string of the molecule is Cc1cnc2c(c1)C(S(=O)(=O)c1ccncc1)CS2(=O)=O. The average Bonchev–Trinajstić information content (AvgIpc) is 2.71. The Labute approximate surface area is 122 Å². The highest BCUT2D eigenvalue weighted by Crippen LogP contribution is 2.40. The molecule has 3 rings (SSSR count). The molecule has 1 aliphatic heterocycles. The molecule has 0 N–H and O–H groups in total. The zero-order valence-electron chi connectivity index (χ0n) is 11.1. The molecule has 0 amide bonds. The molecule has 0 aromatic carbocycles. The van der Waals surface area contributed by atoms with Gasteiger partial charge in [0.25, 0.3) is 0 Å². The fourth-order valence-corrected chi connectivity index (χ4v) is 6.57. The molecule has 1 unspecified atom stereocenters. The van der Waals surface area contributed by atoms with Gasteiger partial charge in [-0.3, -0.25) is 4.98 Å². The fraction of sp³-hybridized carbons (Fsp3) is 0.231. The first-order chi connectivity index (χ1) is 9.82. The lowest BCUT2D eigenvalue weighted by Gasteiger charge is -2.11. The normalized spacial score (nSPS) is 20.1. The van der Waals surface area contributed by atoms with Gasteiger partial charge in [-0.05, 0) is 24.6 Å². The van der Waals surface area contributed by atoms with Crippen LogP contribution in [0.1, 0.15) is 16.4 Å². The second-order valence-corrected chi connectivity index (χ2v) is 8.99. The zero-order chi connectivity index (χ0) is 15.3. The second-order valence-electron chi connectivity index (χ2n) is 4.91. The summed E-state index contributed by atoms with van der Waals surface area (Å²) in [5.41, 5.74) is 0.979. The number of aryl methyl sites for hydroxylation is 1. The highest BCUT2D eigenvalue weighted by atomic mass is 32.2. The van der Waals surface area contributed by atoms with Crippen LogP contribution in [0.2, 0.25) is 0 Å². The Kier molecular flexibility index (Phi) is 3.10. The van der Waals surface area contributed by atoms with Crippen LogP contribution in [-0.2, 0) is 19.7 Å². The van der Waals surface area contributed by atoms with Crippen molar-refractivity contribution >= 4 is 19.7 Å². The predicted molar refractivity (Wildman–Crippen MR) is 75.2 cm³/mol. The van der Waals surface area contributed by atoms with Crippen molar-refractivity contribution < 1.29 is 16.8 Å². The summed E-state index contributed by atoms with van der Waals surface area (Å²) in [4.78, 5) is 7.74. The summed E-state index contributed by atoms with van der Waals surface area (Å²) < 4.78 is 49.6. The largest absolute Gasteiger partial charge is 0.265 e. The third-order valence-electron chi connectivity index (χ3n) is 3.38. The molecule has 0 fully saturated rings. The quantitative estimate of drug-likeness (QED) is 0.820. The van der Waals surface area contributed by atoms with E-state index in [-0.39, 0.29) is 15.5 Å². The standard InChI is InChI=1S/C13H12N2O4S2/c1-9-6-11-12(8-20(16,17)13(11)15-7-9)21(18,19)10-2-4-14-5-3-10/h2-7,12H,8H2,1H3. The highest BCUT2D eigenvalue weighted by Gasteiger charge is 2.44. The summed E-state index contributed by atoms with van der Waals surface area (Å²) in [5, 5.41) is -1.25. The molecule has 110 valence electrons. The number of rotatable bonds is 2. The molecule has 0 bridgehead atoms. The Balaban J connectivity index is 2.21. The number of hydrogen-bond acceptors (Lipinski definition) is 6. The molecular formula is C13H12N2O4S2. The van der Waals surface area contributed by atoms with Crippen molar-refractivity contribution in [2.75, 3.05) is 5.75 Å². The van der Waals surface area contributed by atoms with E-state index in [9.17, 15) is 16.8 Å². The first kappa shape index (κ1) is 14.2. The molecule has 0 saturated carbocycles. The van der Waals surface area contributed by atoms with Crippen LogP contribution in [0, 0.1) is 6.92 Å². The smallest absolute Gasteiger partial charge is 0.197 e. The molecule has 2 aromatic rings. The summed E-state index contributed by atoms with van der Waals surface area (Å²) in [7, 11) is -7.47. The maximum atomic E-state index is 12.7. The molecule has 0 spiro atoms. The van der Waals surface area contributed by atoms with Crippen molar-refractivity contribution in [3.63, 3.8) is 0 Å². The molecule has 0 saturated heterocycles. The van der Waals surface area contributed by atoms with Gasteiger partial charge in [0.05, 0.1) is 10.6 Å². The van der Waals surface area contributed by atoms with Gasteiger partial charge in [-0.25, -0.2) is 21.8 Å². The van der Waals surface area contributed by atoms with E-state index in [0.717, 1.165) is 5.56 Å². The minimum absolute atomic E-state index is 0.0621. The molecule has 8 heteroatoms. The van der Waals surface area contributed by atoms with E-state index in [1.54, 1.807) is 13.0 Å². The lowest BCUT2D eigenvalue weighted by Crippen LogP contribution is -2.15. The number of pyridine rings is 2. The van der Waals surface area contributed by atoms with Crippen LogP contribution in [-0.4, -0.2) is 32.6 Å². The molecule has 6 nitrogen and oxygen atoms in total. The topological polar surface area (TPSA) is 94.1 Å². The van der Waals surface area contributed by atoms with Gasteiger partial charge in [0.1, 0.15) is 5.25 Å². The Bertz CT molecular complexity index is 906. The first-order valence-corrected chi connectivity index (χ1v) is 9.35. The van der Waals surface area contributed by atoms with Crippen molar-refractivity contribution in [2.45, 2.75) is 22.1 Å². The monoisotopic (exact) mass is 324 g/mol. The van der Waals surface area contributed by atoms with E-state index in [2.05, 4.69) is 9.97 Å². The molecule has 0 radical (unpaired) electrons. The number of hydrogen-bond donors (Lipinski definition) is 0. The maximum Gasteiger partial charge on any atom is 0.197 e. The molecule has 2 aromatic heterocycles. The van der Waals surface area contributed by atoms with E-state index >= 15 is 0 Å². The highest BCUT2D eigenvalue weighted by molar-refractivity contribution is 7.96. The van der Waals surface area contributed by atoms with Crippen LogP contribution < -0.4 is 0 Å². The lowest BCUT2D eigenvalue weighted by atomic mass is 10.2. The van der Waals surface area contributed by atoms with Crippen LogP contribution >= 0.6 is 0 Å². The summed E-state index contributed by atoms with van der Waals surface area (Å²) in [6, 6.07) is 4.31. The Morgan fingerprint density at radius 3 is 2.57 bits per heavy atom. The van der Waals surface area contributed by atoms with Gasteiger partial charge in [-0.1, -0.05) is 6.07 Å². The minimum Gasteiger partial charge on any atom is -0.265 e. The molecular weight excluding hydrogens is 312 g/mol. The van der Waals surface area contributed by atoms with Gasteiger partial charge in [0.15, 0.2) is 24.7 Å². The summed E-state index contributed by atoms with van der Waals surface area (Å²) in [5.74, 6) is -0.469. The van der Waals surface area contributed by atoms with E-state index in [0.29, 0.717) is 0 Å². The second kappa shape index (κ2) is 4.60. The minimum atomic E-state index is -3.80. The zero-order valence-corrected chi connectivity index (χ0v) is 12.7. The van der Waals surface area contributed by atoms with Crippen LogP contribution in [0.3, 0.4) is 0 Å². The summed E-state index contributed by atoms with van der Waals surface area (Å²) >= 11 is 0. The number of sulfone groups is 2. The van der Waals surface area contributed by atoms with Gasteiger partial charge in [-0.15, -0.1) is 0 Å². The van der Waals surface area contributed by atoms with Gasteiger partial charge in [0, 0.05) is 24.2 Å². The molecule has 3 heterocycles. The van der Waals surface area contributed by atoms with Gasteiger partial charge in [-0.2, -0.15) is 0 Å². The third kappa shape index (κ3) is 2.24. The van der Waals surface area contributed by atoms with Crippen molar-refractivity contribution in [1.29, 1.82) is 0 Å². The fourth-order valence-electron chi connectivity index (χ4n) is 2.39. The Morgan fingerprint density at radius 1 is 1.24 bits per heavy atom. The van der Waals surface area contributed by atoms with Gasteiger partial charge < -0.3 is 0 Å². The average molecular weight is 324 g/mol. The van der Waals surface area contributed by atoms with Crippen LogP contribution in [0.4, 0.5) is 0 Å². The van der Waals surface area contributed by atoms with Gasteiger partial charge >= 0.3 is 0 Å². The summed E-state index contributed by atoms with van der Waals surface area (Å²) in [6.07, 6.45) is 4.16. The predicted octanol–water partition coefficient (Wildman–Crippen LogP) is 1.09. The molecule has 0 aliphatic carbocycles. The van der Waals surface area contributed by atoms with E-state index in [4.69, 9.17) is 0 Å². The molecule has 21 heavy (non-hydrogen) atoms. The summed E-state index contributed by atoms with van der Waals surface area (Å²) in [6.45, 7) is 1.74. The first-order valence-electron chi connectivity index (χ1n) is 6.15. The maximum absolute atomic E-state index is 12.7. The van der Waals surface area contributed by atoms with E-state index in [1.165, 1.54) is 30.7 Å². The van der Waals surface area contributed by atoms with Crippen molar-refractivity contribution in [1.82, 2.24) is 9.97 Å². The Morgan fingerprint density at radius 2 is 1.90 bits per heavy atom. The van der Waals surface area contributed by atoms with Crippen LogP contribution in [0.15, 0.2) is 46.7 Å². The van der Waals surface area contributed by atoms with Crippen molar-refractivity contribution in [3.05, 3.63) is 47.9 Å². The lowest BCUT2D eigenvalue weighted by molar-refractivity contribution is 0.582. The van der Waals surface area contributed by atoms with E-state index in [1.807, 2.05) is 0 Å². The number of aromatic nitrogens is 2. The van der Waals surface area contributed by atoms with Crippen molar-refractivity contribution in [3.8, 4) is 0 Å². The molecule has 1 aliphatic rings.